The molecule has 0 saturated carbocycles. The first-order valence-corrected chi connectivity index (χ1v) is 11.3. The van der Waals surface area contributed by atoms with Crippen LogP contribution < -0.4 is 27.4 Å². The summed E-state index contributed by atoms with van der Waals surface area (Å²) in [7, 11) is 0. The average molecular weight is 519 g/mol. The highest BCUT2D eigenvalue weighted by atomic mass is 16.4. The number of aromatic amines is 1. The van der Waals surface area contributed by atoms with E-state index in [1.807, 2.05) is 0 Å². The summed E-state index contributed by atoms with van der Waals surface area (Å²) in [5, 5.41) is 26.4. The van der Waals surface area contributed by atoms with Crippen LogP contribution in [-0.2, 0) is 35.2 Å². The molecule has 0 fully saturated rings. The van der Waals surface area contributed by atoms with Gasteiger partial charge in [0.05, 0.1) is 12.5 Å². The number of primary amides is 1. The monoisotopic (exact) mass is 518 g/mol. The molecular weight excluding hydrogens is 488 g/mol. The van der Waals surface area contributed by atoms with Gasteiger partial charge in [-0.1, -0.05) is 18.2 Å². The summed E-state index contributed by atoms with van der Waals surface area (Å²) in [4.78, 5) is 75.1. The van der Waals surface area contributed by atoms with E-state index < -0.39 is 66.2 Å². The van der Waals surface area contributed by atoms with E-state index in [0.717, 1.165) is 10.9 Å². The average Bonchev–Trinajstić information content (AvgIpc) is 3.22. The van der Waals surface area contributed by atoms with Crippen molar-refractivity contribution >= 4 is 46.5 Å². The first-order chi connectivity index (χ1) is 17.4. The topological polar surface area (TPSA) is 247 Å². The van der Waals surface area contributed by atoms with Crippen molar-refractivity contribution in [3.8, 4) is 0 Å². The van der Waals surface area contributed by atoms with Crippen molar-refractivity contribution < 1.29 is 39.0 Å². The van der Waals surface area contributed by atoms with E-state index in [4.69, 9.17) is 16.6 Å². The van der Waals surface area contributed by atoms with Gasteiger partial charge in [-0.15, -0.1) is 0 Å². The van der Waals surface area contributed by atoms with Crippen molar-refractivity contribution in [1.82, 2.24) is 20.9 Å². The lowest BCUT2D eigenvalue weighted by Gasteiger charge is -2.24. The standard InChI is InChI=1S/C23H30N6O8/c1-11(24)20(33)28-16(9-19(31)32)22(35)27-15(6-7-18(25)30)21(34)29-17(23(36)37)8-12-10-26-14-5-3-2-4-13(12)14/h2-5,10-11,15-17,26H,6-9,24H2,1H3,(H2,25,30)(H,27,35)(H,28,33)(H,29,34)(H,31,32)(H,36,37). The summed E-state index contributed by atoms with van der Waals surface area (Å²) in [6, 6.07) is 1.71. The van der Waals surface area contributed by atoms with Crippen LogP contribution in [0.15, 0.2) is 30.5 Å². The summed E-state index contributed by atoms with van der Waals surface area (Å²) < 4.78 is 0. The van der Waals surface area contributed by atoms with Crippen molar-refractivity contribution in [1.29, 1.82) is 0 Å². The lowest BCUT2D eigenvalue weighted by atomic mass is 10.0. The van der Waals surface area contributed by atoms with Gasteiger partial charge in [0.15, 0.2) is 0 Å². The van der Waals surface area contributed by atoms with Gasteiger partial charge in [-0.2, -0.15) is 0 Å². The van der Waals surface area contributed by atoms with Gasteiger partial charge in [-0.3, -0.25) is 24.0 Å². The lowest BCUT2D eigenvalue weighted by molar-refractivity contribution is -0.143. The van der Waals surface area contributed by atoms with Gasteiger partial charge in [0.1, 0.15) is 18.1 Å². The number of carboxylic acids is 2. The largest absolute Gasteiger partial charge is 0.481 e. The minimum Gasteiger partial charge on any atom is -0.481 e. The highest BCUT2D eigenvalue weighted by Gasteiger charge is 2.31. The van der Waals surface area contributed by atoms with Crippen LogP contribution in [0.4, 0.5) is 0 Å². The molecule has 1 aromatic heterocycles. The van der Waals surface area contributed by atoms with Crippen LogP contribution in [0.1, 0.15) is 31.7 Å². The SMILES string of the molecule is CC(N)C(=O)NC(CC(=O)O)C(=O)NC(CCC(N)=O)C(=O)NC(Cc1c[nH]c2ccccc12)C(=O)O. The highest BCUT2D eigenvalue weighted by molar-refractivity contribution is 5.96. The molecule has 2 aromatic rings. The van der Waals surface area contributed by atoms with Gasteiger partial charge in [-0.05, 0) is 25.0 Å². The molecule has 200 valence electrons. The van der Waals surface area contributed by atoms with E-state index in [-0.39, 0.29) is 19.3 Å². The molecule has 1 heterocycles. The number of hydrogen-bond donors (Lipinski definition) is 8. The number of nitrogens with two attached hydrogens (primary N) is 2. The second-order valence-electron chi connectivity index (χ2n) is 8.48. The van der Waals surface area contributed by atoms with Crippen LogP contribution in [0, 0.1) is 0 Å². The van der Waals surface area contributed by atoms with E-state index >= 15 is 0 Å². The van der Waals surface area contributed by atoms with Gasteiger partial charge in [0.25, 0.3) is 0 Å². The second-order valence-corrected chi connectivity index (χ2v) is 8.48. The number of carbonyl (C=O) groups excluding carboxylic acids is 4. The Hall–Kier alpha value is -4.46. The molecule has 14 heteroatoms. The molecule has 0 bridgehead atoms. The predicted molar refractivity (Wildman–Crippen MR) is 130 cm³/mol. The molecule has 4 unspecified atom stereocenters. The Morgan fingerprint density at radius 3 is 2.11 bits per heavy atom. The molecule has 0 aliphatic heterocycles. The minimum atomic E-state index is -1.58. The molecule has 37 heavy (non-hydrogen) atoms. The number of carboxylic acid groups (broad SMARTS) is 2. The molecule has 0 spiro atoms. The Balaban J connectivity index is 2.21. The number of aromatic nitrogens is 1. The third kappa shape index (κ3) is 8.61. The van der Waals surface area contributed by atoms with Gasteiger partial charge < -0.3 is 42.6 Å². The fraction of sp³-hybridized carbons (Fsp3) is 0.391. The third-order valence-electron chi connectivity index (χ3n) is 5.45. The predicted octanol–water partition coefficient (Wildman–Crippen LogP) is -1.66. The van der Waals surface area contributed by atoms with E-state index in [0.29, 0.717) is 5.56 Å². The molecule has 0 aliphatic carbocycles. The van der Waals surface area contributed by atoms with Crippen LogP contribution >= 0.6 is 0 Å². The van der Waals surface area contributed by atoms with Crippen LogP contribution in [0.5, 0.6) is 0 Å². The van der Waals surface area contributed by atoms with Gasteiger partial charge in [0, 0.05) is 29.9 Å². The number of fused-ring (bicyclic) bond motifs is 1. The summed E-state index contributed by atoms with van der Waals surface area (Å²) in [5.74, 6) is -6.31. The molecular formula is C23H30N6O8. The first-order valence-electron chi connectivity index (χ1n) is 11.3. The summed E-state index contributed by atoms with van der Waals surface area (Å²) in [5.41, 5.74) is 12.0. The highest BCUT2D eigenvalue weighted by Crippen LogP contribution is 2.19. The fourth-order valence-corrected chi connectivity index (χ4v) is 3.51. The Bertz CT molecular complexity index is 1180. The maximum absolute atomic E-state index is 13.0. The molecule has 4 atom stereocenters. The smallest absolute Gasteiger partial charge is 0.326 e. The lowest BCUT2D eigenvalue weighted by Crippen LogP contribution is -2.57. The summed E-state index contributed by atoms with van der Waals surface area (Å²) in [6.07, 6.45) is 0.0822. The Morgan fingerprint density at radius 2 is 1.51 bits per heavy atom. The quantitative estimate of drug-likeness (QED) is 0.142. The zero-order valence-electron chi connectivity index (χ0n) is 20.0. The Labute approximate surface area is 211 Å². The molecule has 10 N–H and O–H groups in total. The molecule has 0 saturated heterocycles. The molecule has 0 aliphatic rings. The zero-order chi connectivity index (χ0) is 27.7. The third-order valence-corrected chi connectivity index (χ3v) is 5.45. The number of nitrogens with one attached hydrogen (secondary N) is 4. The Kier molecular flexibility index (Phi) is 10.1. The van der Waals surface area contributed by atoms with Crippen molar-refractivity contribution in [2.45, 2.75) is 56.8 Å². The van der Waals surface area contributed by atoms with E-state index in [9.17, 15) is 33.9 Å². The van der Waals surface area contributed by atoms with E-state index in [1.165, 1.54) is 6.92 Å². The van der Waals surface area contributed by atoms with Gasteiger partial charge in [-0.25, -0.2) is 4.79 Å². The van der Waals surface area contributed by atoms with Crippen LogP contribution in [-0.4, -0.2) is 74.9 Å². The number of benzene rings is 1. The van der Waals surface area contributed by atoms with E-state index in [2.05, 4.69) is 20.9 Å². The normalized spacial score (nSPS) is 14.1. The van der Waals surface area contributed by atoms with Crippen LogP contribution in [0.3, 0.4) is 0 Å². The summed E-state index contributed by atoms with van der Waals surface area (Å²) in [6.45, 7) is 1.33. The number of H-pyrrole nitrogens is 1. The second kappa shape index (κ2) is 13.0. The van der Waals surface area contributed by atoms with Crippen LogP contribution in [0.25, 0.3) is 10.9 Å². The molecule has 14 nitrogen and oxygen atoms in total. The molecule has 1 aromatic carbocycles. The zero-order valence-corrected chi connectivity index (χ0v) is 20.0. The van der Waals surface area contributed by atoms with Crippen molar-refractivity contribution in [3.05, 3.63) is 36.0 Å². The molecule has 0 radical (unpaired) electrons. The van der Waals surface area contributed by atoms with Crippen molar-refractivity contribution in [2.24, 2.45) is 11.5 Å². The number of hydrogen-bond acceptors (Lipinski definition) is 7. The van der Waals surface area contributed by atoms with Crippen molar-refractivity contribution in [3.63, 3.8) is 0 Å². The number of rotatable bonds is 14. The molecule has 2 rings (SSSR count). The maximum atomic E-state index is 13.0. The van der Waals surface area contributed by atoms with E-state index in [1.54, 1.807) is 30.5 Å². The Morgan fingerprint density at radius 1 is 0.919 bits per heavy atom. The van der Waals surface area contributed by atoms with Crippen molar-refractivity contribution in [2.75, 3.05) is 0 Å². The minimum absolute atomic E-state index is 0.0896. The molecule has 4 amide bonds. The number of carbonyl (C=O) groups is 6. The van der Waals surface area contributed by atoms with Crippen LogP contribution in [0.2, 0.25) is 0 Å². The fourth-order valence-electron chi connectivity index (χ4n) is 3.51. The van der Waals surface area contributed by atoms with Gasteiger partial charge in [0.2, 0.25) is 23.6 Å². The maximum Gasteiger partial charge on any atom is 0.326 e. The number of aliphatic carboxylic acids is 2. The number of amides is 4. The summed E-state index contributed by atoms with van der Waals surface area (Å²) >= 11 is 0. The van der Waals surface area contributed by atoms with Gasteiger partial charge >= 0.3 is 11.9 Å². The number of para-hydroxylation sites is 1. The first kappa shape index (κ1) is 28.8.